The Morgan fingerprint density at radius 3 is 2.17 bits per heavy atom. The molecule has 0 spiro atoms. The zero-order valence-corrected chi connectivity index (χ0v) is 10.8. The lowest BCUT2D eigenvalue weighted by Crippen LogP contribution is -1.88. The van der Waals surface area contributed by atoms with E-state index in [1.807, 2.05) is 22.7 Å². The van der Waals surface area contributed by atoms with Crippen LogP contribution in [0.3, 0.4) is 0 Å². The van der Waals surface area contributed by atoms with Gasteiger partial charge in [-0.3, -0.25) is 0 Å². The number of thiophene rings is 2. The van der Waals surface area contributed by atoms with E-state index in [0.717, 1.165) is 0 Å². The van der Waals surface area contributed by atoms with E-state index in [1.54, 1.807) is 0 Å². The average Bonchev–Trinajstić information content (AvgIpc) is 2.58. The fraction of sp³-hybridized carbons (Fsp3) is 0.111. The molecule has 2 heterocycles. The van der Waals surface area contributed by atoms with Crippen LogP contribution in [0.15, 0.2) is 24.3 Å². The zero-order chi connectivity index (χ0) is 8.55. The first-order valence-corrected chi connectivity index (χ1v) is 6.52. The summed E-state index contributed by atoms with van der Waals surface area (Å²) in [6.07, 6.45) is 0. The molecule has 0 aliphatic heterocycles. The summed E-state index contributed by atoms with van der Waals surface area (Å²) in [6.45, 7) is 2.16. The van der Waals surface area contributed by atoms with Gasteiger partial charge in [-0.05, 0) is 29.6 Å². The Hall–Kier alpha value is -0.383. The Morgan fingerprint density at radius 2 is 1.67 bits per heavy atom. The molecule has 62 valence electrons. The Bertz CT molecular complexity index is 348. The number of hydrogen-bond donors (Lipinski definition) is 0. The summed E-state index contributed by atoms with van der Waals surface area (Å²) in [5.74, 6) is 0. The van der Waals surface area contributed by atoms with E-state index < -0.39 is 0 Å². The summed E-state index contributed by atoms with van der Waals surface area (Å²) in [7, 11) is 1.18. The van der Waals surface area contributed by atoms with Crippen LogP contribution < -0.4 is 4.50 Å². The summed E-state index contributed by atoms with van der Waals surface area (Å²) in [5.41, 5.74) is 0. The van der Waals surface area contributed by atoms with E-state index in [-0.39, 0.29) is 0 Å². The van der Waals surface area contributed by atoms with Gasteiger partial charge in [0.15, 0.2) is 0 Å². The van der Waals surface area contributed by atoms with Crippen LogP contribution in [-0.2, 0) is 0 Å². The third kappa shape index (κ3) is 1.53. The fourth-order valence-electron chi connectivity index (χ4n) is 1.13. The van der Waals surface area contributed by atoms with Crippen LogP contribution in [0.4, 0.5) is 0 Å². The van der Waals surface area contributed by atoms with Crippen LogP contribution in [-0.4, -0.2) is 10.2 Å². The summed E-state index contributed by atoms with van der Waals surface area (Å²) in [6, 6.07) is 8.87. The van der Waals surface area contributed by atoms with Crippen LogP contribution in [0.2, 0.25) is 0 Å². The van der Waals surface area contributed by atoms with Gasteiger partial charge in [-0.25, -0.2) is 0 Å². The summed E-state index contributed by atoms with van der Waals surface area (Å²) in [4.78, 5) is 4.24. The van der Waals surface area contributed by atoms with E-state index in [0.29, 0.717) is 0 Å². The fourth-order valence-corrected chi connectivity index (χ4v) is 3.79. The van der Waals surface area contributed by atoms with Crippen molar-refractivity contribution in [3.05, 3.63) is 29.1 Å². The molecule has 0 aliphatic rings. The Morgan fingerprint density at radius 1 is 1.00 bits per heavy atom. The van der Waals surface area contributed by atoms with Gasteiger partial charge in [0.1, 0.15) is 0 Å². The molecule has 0 aliphatic carbocycles. The molecule has 0 nitrogen and oxygen atoms in total. The maximum atomic E-state index is 2.24. The number of rotatable bonds is 1. The van der Waals surface area contributed by atoms with Crippen molar-refractivity contribution in [1.82, 2.24) is 0 Å². The largest absolute Gasteiger partial charge is 0.145 e. The molecule has 2 rings (SSSR count). The highest BCUT2D eigenvalue weighted by Gasteiger charge is 2.01. The lowest BCUT2D eigenvalue weighted by atomic mass is 10.4. The van der Waals surface area contributed by atoms with Crippen molar-refractivity contribution < 1.29 is 0 Å². The molecule has 0 unspecified atom stereocenters. The lowest BCUT2D eigenvalue weighted by Gasteiger charge is -1.87. The minimum Gasteiger partial charge on any atom is -0.145 e. The second kappa shape index (κ2) is 3.16. The number of aryl methyl sites for hydroxylation is 1. The van der Waals surface area contributed by atoms with E-state index in [4.69, 9.17) is 0 Å². The average molecular weight is 210 g/mol. The van der Waals surface area contributed by atoms with Crippen molar-refractivity contribution in [2.75, 3.05) is 0 Å². The Balaban J connectivity index is 2.43. The van der Waals surface area contributed by atoms with Crippen molar-refractivity contribution in [3.63, 3.8) is 0 Å². The molecule has 2 aromatic heterocycles. The van der Waals surface area contributed by atoms with Gasteiger partial charge in [-0.15, -0.1) is 22.7 Å². The maximum Gasteiger partial charge on any atom is 0.0514 e. The van der Waals surface area contributed by atoms with E-state index in [2.05, 4.69) is 31.2 Å². The molecule has 2 aromatic rings. The van der Waals surface area contributed by atoms with E-state index in [9.17, 15) is 0 Å². The van der Waals surface area contributed by atoms with Crippen molar-refractivity contribution in [1.29, 1.82) is 0 Å². The summed E-state index contributed by atoms with van der Waals surface area (Å²) in [5, 5.41) is 0. The number of hydrogen-bond acceptors (Lipinski definition) is 2. The van der Waals surface area contributed by atoms with Crippen LogP contribution >= 0.6 is 22.7 Å². The second-order valence-corrected chi connectivity index (χ2v) is 7.20. The molecule has 0 radical (unpaired) electrons. The highest BCUT2D eigenvalue weighted by atomic mass is 32.1. The van der Waals surface area contributed by atoms with Gasteiger partial charge in [0.25, 0.3) is 0 Å². The topological polar surface area (TPSA) is 0 Å². The van der Waals surface area contributed by atoms with Gasteiger partial charge in [-0.2, -0.15) is 0 Å². The first kappa shape index (κ1) is 8.23. The lowest BCUT2D eigenvalue weighted by molar-refractivity contribution is 1.64. The van der Waals surface area contributed by atoms with Crippen molar-refractivity contribution in [2.45, 2.75) is 6.92 Å². The smallest absolute Gasteiger partial charge is 0.0514 e. The summed E-state index contributed by atoms with van der Waals surface area (Å²) < 4.78 is 1.52. The molecule has 3 heteroatoms. The quantitative estimate of drug-likeness (QED) is 0.629. The van der Waals surface area contributed by atoms with Gasteiger partial charge >= 0.3 is 0 Å². The van der Waals surface area contributed by atoms with Crippen LogP contribution in [0.5, 0.6) is 0 Å². The minimum absolute atomic E-state index is 1.18. The molecule has 0 amide bonds. The van der Waals surface area contributed by atoms with Gasteiger partial charge in [0.2, 0.25) is 0 Å². The molecule has 0 atom stereocenters. The monoisotopic (exact) mass is 210 g/mol. The van der Waals surface area contributed by atoms with Gasteiger partial charge < -0.3 is 0 Å². The summed E-state index contributed by atoms with van der Waals surface area (Å²) >= 11 is 3.81. The third-order valence-electron chi connectivity index (χ3n) is 1.72. The first-order valence-electron chi connectivity index (χ1n) is 3.89. The molecular formula is C9H10S2Si. The second-order valence-electron chi connectivity index (χ2n) is 2.82. The van der Waals surface area contributed by atoms with Crippen molar-refractivity contribution >= 4 is 37.4 Å². The molecule has 0 N–H and O–H groups in total. The highest BCUT2D eigenvalue weighted by Crippen LogP contribution is 2.29. The minimum atomic E-state index is 1.18. The van der Waals surface area contributed by atoms with Crippen LogP contribution in [0.25, 0.3) is 9.75 Å². The van der Waals surface area contributed by atoms with Crippen LogP contribution in [0, 0.1) is 6.92 Å². The molecular weight excluding hydrogens is 200 g/mol. The molecule has 0 aromatic carbocycles. The standard InChI is InChI=1S/C9H10S2Si/c1-6-2-3-7(10-6)8-4-5-9(12)11-8/h2-5H,1,12H3. The molecule has 0 saturated heterocycles. The van der Waals surface area contributed by atoms with Gasteiger partial charge in [0.05, 0.1) is 10.2 Å². The highest BCUT2D eigenvalue weighted by molar-refractivity contribution is 7.26. The Kier molecular flexibility index (Phi) is 2.17. The maximum absolute atomic E-state index is 2.24. The molecule has 0 fully saturated rings. The van der Waals surface area contributed by atoms with Gasteiger partial charge in [0, 0.05) is 14.6 Å². The first-order chi connectivity index (χ1) is 5.75. The third-order valence-corrected chi connectivity index (χ3v) is 4.87. The zero-order valence-electron chi connectivity index (χ0n) is 7.13. The molecule has 12 heavy (non-hydrogen) atoms. The van der Waals surface area contributed by atoms with E-state index in [1.165, 1.54) is 29.4 Å². The van der Waals surface area contributed by atoms with Crippen molar-refractivity contribution in [2.24, 2.45) is 0 Å². The van der Waals surface area contributed by atoms with Crippen LogP contribution in [0.1, 0.15) is 4.88 Å². The predicted molar refractivity (Wildman–Crippen MR) is 61.9 cm³/mol. The molecule has 0 saturated carbocycles. The van der Waals surface area contributed by atoms with E-state index >= 15 is 0 Å². The van der Waals surface area contributed by atoms with Crippen molar-refractivity contribution in [3.8, 4) is 9.75 Å². The normalized spacial score (nSPS) is 10.8. The Labute approximate surface area is 83.3 Å². The SMILES string of the molecule is Cc1ccc(-c2ccc([SiH3])s2)s1. The predicted octanol–water partition coefficient (Wildman–Crippen LogP) is 1.78. The molecule has 0 bridgehead atoms. The van der Waals surface area contributed by atoms with Gasteiger partial charge in [-0.1, -0.05) is 6.07 Å².